The first-order chi connectivity index (χ1) is 5.52. The molecule has 2 unspecified atom stereocenters. The first-order valence-electron chi connectivity index (χ1n) is 4.49. The molecule has 1 aliphatic rings. The standard InChI is InChI=1S/C9H18N2O/c1-6(2)10-8-5-7(8)9(12)11(3)4/h6-8,10H,5H2,1-4H3. The maximum atomic E-state index is 11.4. The van der Waals surface area contributed by atoms with Crippen LogP contribution in [0.25, 0.3) is 0 Å². The Hall–Kier alpha value is -0.570. The molecule has 12 heavy (non-hydrogen) atoms. The molecule has 1 rings (SSSR count). The van der Waals surface area contributed by atoms with Crippen LogP contribution in [-0.4, -0.2) is 37.0 Å². The predicted molar refractivity (Wildman–Crippen MR) is 48.9 cm³/mol. The topological polar surface area (TPSA) is 32.3 Å². The van der Waals surface area contributed by atoms with Crippen molar-refractivity contribution in [1.29, 1.82) is 0 Å². The SMILES string of the molecule is CC(C)NC1CC1C(=O)N(C)C. The van der Waals surface area contributed by atoms with Gasteiger partial charge in [-0.2, -0.15) is 0 Å². The van der Waals surface area contributed by atoms with Gasteiger partial charge in [-0.25, -0.2) is 0 Å². The Bertz CT molecular complexity index is 177. The summed E-state index contributed by atoms with van der Waals surface area (Å²) in [6, 6.07) is 0.912. The van der Waals surface area contributed by atoms with Crippen LogP contribution in [0.4, 0.5) is 0 Å². The minimum Gasteiger partial charge on any atom is -0.349 e. The summed E-state index contributed by atoms with van der Waals surface area (Å²) in [6.07, 6.45) is 1.01. The molecule has 3 nitrogen and oxygen atoms in total. The molecule has 0 saturated heterocycles. The van der Waals surface area contributed by atoms with E-state index in [1.165, 1.54) is 0 Å². The van der Waals surface area contributed by atoms with Gasteiger partial charge in [-0.05, 0) is 6.42 Å². The van der Waals surface area contributed by atoms with Gasteiger partial charge in [-0.3, -0.25) is 4.79 Å². The highest BCUT2D eigenvalue weighted by molar-refractivity contribution is 5.81. The van der Waals surface area contributed by atoms with Crippen LogP contribution in [0, 0.1) is 5.92 Å². The Balaban J connectivity index is 2.28. The molecule has 0 radical (unpaired) electrons. The molecule has 1 N–H and O–H groups in total. The zero-order valence-electron chi connectivity index (χ0n) is 8.29. The van der Waals surface area contributed by atoms with Crippen molar-refractivity contribution >= 4 is 5.91 Å². The molecular formula is C9H18N2O. The fraction of sp³-hybridized carbons (Fsp3) is 0.889. The summed E-state index contributed by atoms with van der Waals surface area (Å²) in [5, 5.41) is 3.36. The minimum absolute atomic E-state index is 0.238. The maximum absolute atomic E-state index is 11.4. The van der Waals surface area contributed by atoms with Crippen LogP contribution in [0.3, 0.4) is 0 Å². The summed E-state index contributed by atoms with van der Waals surface area (Å²) in [5.74, 6) is 0.496. The molecule has 3 heteroatoms. The molecule has 0 bridgehead atoms. The number of amides is 1. The second-order valence-corrected chi connectivity index (χ2v) is 4.00. The highest BCUT2D eigenvalue weighted by Gasteiger charge is 2.43. The van der Waals surface area contributed by atoms with E-state index in [4.69, 9.17) is 0 Å². The predicted octanol–water partition coefficient (Wildman–Crippen LogP) is 0.461. The van der Waals surface area contributed by atoms with Crippen LogP contribution in [-0.2, 0) is 4.79 Å². The van der Waals surface area contributed by atoms with E-state index in [0.717, 1.165) is 6.42 Å². The molecule has 70 valence electrons. The quantitative estimate of drug-likeness (QED) is 0.667. The van der Waals surface area contributed by atoms with Crippen molar-refractivity contribution in [2.75, 3.05) is 14.1 Å². The van der Waals surface area contributed by atoms with Gasteiger partial charge in [-0.1, -0.05) is 13.8 Å². The van der Waals surface area contributed by atoms with Crippen LogP contribution in [0.1, 0.15) is 20.3 Å². The zero-order valence-corrected chi connectivity index (χ0v) is 8.29. The molecular weight excluding hydrogens is 152 g/mol. The summed E-state index contributed by atoms with van der Waals surface area (Å²) in [4.78, 5) is 13.1. The van der Waals surface area contributed by atoms with Crippen molar-refractivity contribution in [3.63, 3.8) is 0 Å². The van der Waals surface area contributed by atoms with Crippen LogP contribution in [0.15, 0.2) is 0 Å². The highest BCUT2D eigenvalue weighted by Crippen LogP contribution is 2.31. The third kappa shape index (κ3) is 2.21. The van der Waals surface area contributed by atoms with Crippen LogP contribution in [0.5, 0.6) is 0 Å². The van der Waals surface area contributed by atoms with Crippen molar-refractivity contribution in [3.05, 3.63) is 0 Å². The minimum atomic E-state index is 0.238. The Kier molecular flexibility index (Phi) is 2.73. The number of hydrogen-bond donors (Lipinski definition) is 1. The van der Waals surface area contributed by atoms with Crippen molar-refractivity contribution in [3.8, 4) is 0 Å². The Morgan fingerprint density at radius 1 is 1.50 bits per heavy atom. The normalized spacial score (nSPS) is 27.4. The molecule has 0 heterocycles. The molecule has 1 fully saturated rings. The van der Waals surface area contributed by atoms with E-state index in [-0.39, 0.29) is 11.8 Å². The molecule has 0 aromatic rings. The fourth-order valence-electron chi connectivity index (χ4n) is 1.41. The van der Waals surface area contributed by atoms with Crippen LogP contribution in [0.2, 0.25) is 0 Å². The van der Waals surface area contributed by atoms with Gasteiger partial charge in [0.05, 0.1) is 5.92 Å². The Morgan fingerprint density at radius 2 is 2.08 bits per heavy atom. The summed E-state index contributed by atoms with van der Waals surface area (Å²) >= 11 is 0. The summed E-state index contributed by atoms with van der Waals surface area (Å²) in [5.41, 5.74) is 0. The molecule has 0 aromatic heterocycles. The van der Waals surface area contributed by atoms with Crippen LogP contribution >= 0.6 is 0 Å². The Morgan fingerprint density at radius 3 is 2.50 bits per heavy atom. The maximum Gasteiger partial charge on any atom is 0.226 e. The van der Waals surface area contributed by atoms with Gasteiger partial charge in [0.2, 0.25) is 5.91 Å². The lowest BCUT2D eigenvalue weighted by Crippen LogP contribution is -2.31. The lowest BCUT2D eigenvalue weighted by molar-refractivity contribution is -0.130. The summed E-state index contributed by atoms with van der Waals surface area (Å²) in [6.45, 7) is 4.21. The van der Waals surface area contributed by atoms with Gasteiger partial charge >= 0.3 is 0 Å². The van der Waals surface area contributed by atoms with E-state index in [1.807, 2.05) is 14.1 Å². The van der Waals surface area contributed by atoms with E-state index >= 15 is 0 Å². The van der Waals surface area contributed by atoms with Crippen molar-refractivity contribution in [1.82, 2.24) is 10.2 Å². The summed E-state index contributed by atoms with van der Waals surface area (Å²) in [7, 11) is 3.63. The third-order valence-corrected chi connectivity index (χ3v) is 2.10. The van der Waals surface area contributed by atoms with Crippen molar-refractivity contribution in [2.45, 2.75) is 32.4 Å². The van der Waals surface area contributed by atoms with Gasteiger partial charge in [-0.15, -0.1) is 0 Å². The average molecular weight is 170 g/mol. The largest absolute Gasteiger partial charge is 0.349 e. The van der Waals surface area contributed by atoms with Gasteiger partial charge in [0.15, 0.2) is 0 Å². The number of carbonyl (C=O) groups is 1. The average Bonchev–Trinajstić information content (AvgIpc) is 2.64. The van der Waals surface area contributed by atoms with Crippen molar-refractivity contribution in [2.24, 2.45) is 5.92 Å². The number of hydrogen-bond acceptors (Lipinski definition) is 2. The van der Waals surface area contributed by atoms with Crippen molar-refractivity contribution < 1.29 is 4.79 Å². The molecule has 0 aromatic carbocycles. The van der Waals surface area contributed by atoms with Gasteiger partial charge < -0.3 is 10.2 Å². The molecule has 1 aliphatic carbocycles. The van der Waals surface area contributed by atoms with Gasteiger partial charge in [0, 0.05) is 26.2 Å². The zero-order chi connectivity index (χ0) is 9.30. The molecule has 0 aliphatic heterocycles. The molecule has 2 atom stereocenters. The first kappa shape index (κ1) is 9.52. The first-order valence-corrected chi connectivity index (χ1v) is 4.49. The van der Waals surface area contributed by atoms with Gasteiger partial charge in [0.1, 0.15) is 0 Å². The molecule has 0 spiro atoms. The third-order valence-electron chi connectivity index (χ3n) is 2.10. The van der Waals surface area contributed by atoms with E-state index < -0.39 is 0 Å². The number of nitrogens with zero attached hydrogens (tertiary/aromatic N) is 1. The fourth-order valence-corrected chi connectivity index (χ4v) is 1.41. The summed E-state index contributed by atoms with van der Waals surface area (Å²) < 4.78 is 0. The molecule has 1 amide bonds. The molecule has 1 saturated carbocycles. The second-order valence-electron chi connectivity index (χ2n) is 4.00. The number of carbonyl (C=O) groups excluding carboxylic acids is 1. The Labute approximate surface area is 74.1 Å². The lowest BCUT2D eigenvalue weighted by atomic mass is 10.3. The number of rotatable bonds is 3. The monoisotopic (exact) mass is 170 g/mol. The van der Waals surface area contributed by atoms with E-state index in [0.29, 0.717) is 12.1 Å². The van der Waals surface area contributed by atoms with Gasteiger partial charge in [0.25, 0.3) is 0 Å². The van der Waals surface area contributed by atoms with Crippen LogP contribution < -0.4 is 5.32 Å². The number of nitrogens with one attached hydrogen (secondary N) is 1. The van der Waals surface area contributed by atoms with E-state index in [2.05, 4.69) is 19.2 Å². The smallest absolute Gasteiger partial charge is 0.226 e. The second kappa shape index (κ2) is 3.44. The van der Waals surface area contributed by atoms with E-state index in [9.17, 15) is 4.79 Å². The lowest BCUT2D eigenvalue weighted by Gasteiger charge is -2.11. The van der Waals surface area contributed by atoms with E-state index in [1.54, 1.807) is 4.90 Å². The highest BCUT2D eigenvalue weighted by atomic mass is 16.2.